The van der Waals surface area contributed by atoms with Crippen LogP contribution in [0.4, 0.5) is 0 Å². The Kier molecular flexibility index (Phi) is 6.22. The van der Waals surface area contributed by atoms with Crippen LogP contribution >= 0.6 is 27.7 Å². The van der Waals surface area contributed by atoms with Crippen molar-refractivity contribution in [1.29, 1.82) is 0 Å². The van der Waals surface area contributed by atoms with E-state index in [-0.39, 0.29) is 17.6 Å². The molecular formula is C21H22BrN3O3S. The molecule has 152 valence electrons. The Morgan fingerprint density at radius 2 is 2.14 bits per heavy atom. The van der Waals surface area contributed by atoms with Crippen molar-refractivity contribution in [3.8, 4) is 11.5 Å². The summed E-state index contributed by atoms with van der Waals surface area (Å²) in [6.07, 6.45) is 2.43. The first-order valence-corrected chi connectivity index (χ1v) is 11.3. The van der Waals surface area contributed by atoms with Gasteiger partial charge in [0.15, 0.2) is 5.78 Å². The van der Waals surface area contributed by atoms with Gasteiger partial charge in [-0.3, -0.25) is 4.79 Å². The van der Waals surface area contributed by atoms with E-state index in [2.05, 4.69) is 30.7 Å². The van der Waals surface area contributed by atoms with E-state index in [1.807, 2.05) is 44.2 Å². The molecule has 1 aliphatic rings. The van der Waals surface area contributed by atoms with Crippen LogP contribution in [0.5, 0.6) is 0 Å². The fraction of sp³-hybridized carbons (Fsp3) is 0.381. The molecule has 0 radical (unpaired) electrons. The zero-order chi connectivity index (χ0) is 20.4. The van der Waals surface area contributed by atoms with Gasteiger partial charge in [0.1, 0.15) is 0 Å². The van der Waals surface area contributed by atoms with Crippen molar-refractivity contribution in [1.82, 2.24) is 14.8 Å². The van der Waals surface area contributed by atoms with Crippen LogP contribution < -0.4 is 0 Å². The molecule has 1 aromatic carbocycles. The molecule has 0 unspecified atom stereocenters. The van der Waals surface area contributed by atoms with Gasteiger partial charge in [-0.15, -0.1) is 10.2 Å². The van der Waals surface area contributed by atoms with Gasteiger partial charge in [-0.25, -0.2) is 0 Å². The van der Waals surface area contributed by atoms with E-state index >= 15 is 0 Å². The van der Waals surface area contributed by atoms with E-state index in [9.17, 15) is 4.79 Å². The number of aryl methyl sites for hydroxylation is 1. The number of halogens is 1. The first kappa shape index (κ1) is 20.4. The Morgan fingerprint density at radius 1 is 1.31 bits per heavy atom. The average Bonchev–Trinajstić information content (AvgIpc) is 3.44. The number of Topliss-reactive ketones (excluding diaryl/α,β-unsaturated/α-hetero) is 1. The molecular weight excluding hydrogens is 454 g/mol. The molecule has 3 heterocycles. The molecule has 0 saturated carbocycles. The molecule has 29 heavy (non-hydrogen) atoms. The number of nitrogens with zero attached hydrogens (tertiary/aromatic N) is 3. The number of benzene rings is 1. The first-order chi connectivity index (χ1) is 14.0. The number of carbonyl (C=O) groups is 1. The molecule has 0 spiro atoms. The van der Waals surface area contributed by atoms with E-state index in [1.165, 1.54) is 11.8 Å². The Bertz CT molecular complexity index is 1020. The molecule has 6 nitrogen and oxygen atoms in total. The third kappa shape index (κ3) is 4.49. The normalized spacial score (nSPS) is 16.4. The van der Waals surface area contributed by atoms with E-state index in [0.29, 0.717) is 11.1 Å². The molecule has 3 aromatic rings. The zero-order valence-electron chi connectivity index (χ0n) is 16.4. The highest BCUT2D eigenvalue weighted by Gasteiger charge is 2.21. The number of aromatic nitrogens is 3. The third-order valence-corrected chi connectivity index (χ3v) is 6.63. The van der Waals surface area contributed by atoms with E-state index in [0.717, 1.165) is 53.0 Å². The SMILES string of the molecule is Cc1cc(C(=O)CSc2nnc(-c3ccccc3Br)o2)c(C)n1C[C@H]1CCCO1. The summed E-state index contributed by atoms with van der Waals surface area (Å²) in [7, 11) is 0. The second-order valence-electron chi connectivity index (χ2n) is 7.10. The highest BCUT2D eigenvalue weighted by atomic mass is 79.9. The van der Waals surface area contributed by atoms with Gasteiger partial charge in [0.05, 0.1) is 17.4 Å². The summed E-state index contributed by atoms with van der Waals surface area (Å²) in [6, 6.07) is 9.62. The van der Waals surface area contributed by atoms with E-state index in [4.69, 9.17) is 9.15 Å². The Morgan fingerprint density at radius 3 is 2.90 bits per heavy atom. The van der Waals surface area contributed by atoms with Crippen molar-refractivity contribution in [2.24, 2.45) is 0 Å². The standard InChI is InChI=1S/C21H22BrN3O3S/c1-13-10-17(14(2)25(13)11-15-6-5-9-27-15)19(26)12-29-21-24-23-20(28-21)16-7-3-4-8-18(16)22/h3-4,7-8,10,15H,5-6,9,11-12H2,1-2H3/t15-/m1/s1. The number of ether oxygens (including phenoxy) is 1. The molecule has 0 aliphatic carbocycles. The van der Waals surface area contributed by atoms with Crippen LogP contribution in [0, 0.1) is 13.8 Å². The predicted molar refractivity (Wildman–Crippen MR) is 115 cm³/mol. The summed E-state index contributed by atoms with van der Waals surface area (Å²) in [5, 5.41) is 8.55. The van der Waals surface area contributed by atoms with Crippen molar-refractivity contribution < 1.29 is 13.9 Å². The van der Waals surface area contributed by atoms with Gasteiger partial charge in [-0.1, -0.05) is 23.9 Å². The molecule has 0 amide bonds. The molecule has 0 N–H and O–H groups in total. The molecule has 1 aliphatic heterocycles. The molecule has 8 heteroatoms. The highest BCUT2D eigenvalue weighted by Crippen LogP contribution is 2.29. The second kappa shape index (κ2) is 8.85. The van der Waals surface area contributed by atoms with Gasteiger partial charge < -0.3 is 13.7 Å². The van der Waals surface area contributed by atoms with Crippen molar-refractivity contribution in [3.05, 3.63) is 51.8 Å². The maximum absolute atomic E-state index is 12.8. The minimum atomic E-state index is 0.0577. The fourth-order valence-electron chi connectivity index (χ4n) is 3.57. The minimum absolute atomic E-state index is 0.0577. The maximum atomic E-state index is 12.8. The fourth-order valence-corrected chi connectivity index (χ4v) is 4.67. The van der Waals surface area contributed by atoms with E-state index < -0.39 is 0 Å². The number of carbonyl (C=O) groups excluding carboxylic acids is 1. The number of thioether (sulfide) groups is 1. The smallest absolute Gasteiger partial charge is 0.277 e. The van der Waals surface area contributed by atoms with Crippen molar-refractivity contribution >= 4 is 33.5 Å². The molecule has 1 atom stereocenters. The molecule has 2 aromatic heterocycles. The van der Waals surface area contributed by atoms with Crippen LogP contribution in [0.3, 0.4) is 0 Å². The van der Waals surface area contributed by atoms with Gasteiger partial charge in [0.25, 0.3) is 5.22 Å². The third-order valence-electron chi connectivity index (χ3n) is 5.12. The number of hydrogen-bond acceptors (Lipinski definition) is 6. The molecule has 1 saturated heterocycles. The average molecular weight is 476 g/mol. The quantitative estimate of drug-likeness (QED) is 0.350. The van der Waals surface area contributed by atoms with Crippen LogP contribution in [0.15, 0.2) is 44.4 Å². The maximum Gasteiger partial charge on any atom is 0.277 e. The lowest BCUT2D eigenvalue weighted by molar-refractivity contribution is 0.0957. The summed E-state index contributed by atoms with van der Waals surface area (Å²) in [4.78, 5) is 12.8. The number of rotatable bonds is 7. The number of ketones is 1. The lowest BCUT2D eigenvalue weighted by Crippen LogP contribution is -2.17. The lowest BCUT2D eigenvalue weighted by Gasteiger charge is -2.14. The van der Waals surface area contributed by atoms with Gasteiger partial charge >= 0.3 is 0 Å². The van der Waals surface area contributed by atoms with Gasteiger partial charge in [-0.05, 0) is 60.8 Å². The predicted octanol–water partition coefficient (Wildman–Crippen LogP) is 5.07. The second-order valence-corrected chi connectivity index (χ2v) is 8.88. The first-order valence-electron chi connectivity index (χ1n) is 9.55. The summed E-state index contributed by atoms with van der Waals surface area (Å²) >= 11 is 4.75. The monoisotopic (exact) mass is 475 g/mol. The Balaban J connectivity index is 1.42. The van der Waals surface area contributed by atoms with E-state index in [1.54, 1.807) is 0 Å². The van der Waals surface area contributed by atoms with Gasteiger partial charge in [0, 0.05) is 34.6 Å². The van der Waals surface area contributed by atoms with Crippen molar-refractivity contribution in [3.63, 3.8) is 0 Å². The van der Waals surface area contributed by atoms with Gasteiger partial charge in [0.2, 0.25) is 5.89 Å². The molecule has 4 rings (SSSR count). The van der Waals surface area contributed by atoms with Crippen LogP contribution in [0.1, 0.15) is 34.6 Å². The summed E-state index contributed by atoms with van der Waals surface area (Å²) in [5.41, 5.74) is 3.65. The van der Waals surface area contributed by atoms with Crippen LogP contribution in [-0.2, 0) is 11.3 Å². The van der Waals surface area contributed by atoms with Crippen LogP contribution in [-0.4, -0.2) is 39.0 Å². The number of hydrogen-bond donors (Lipinski definition) is 0. The summed E-state index contributed by atoms with van der Waals surface area (Å²) < 4.78 is 14.5. The van der Waals surface area contributed by atoms with Crippen molar-refractivity contribution in [2.75, 3.05) is 12.4 Å². The lowest BCUT2D eigenvalue weighted by atomic mass is 10.2. The molecule has 1 fully saturated rings. The molecule has 0 bridgehead atoms. The minimum Gasteiger partial charge on any atom is -0.411 e. The topological polar surface area (TPSA) is 70.2 Å². The van der Waals surface area contributed by atoms with Crippen molar-refractivity contribution in [2.45, 2.75) is 44.6 Å². The summed E-state index contributed by atoms with van der Waals surface area (Å²) in [6.45, 7) is 5.67. The zero-order valence-corrected chi connectivity index (χ0v) is 18.8. The summed E-state index contributed by atoms with van der Waals surface area (Å²) in [5.74, 6) is 0.742. The Labute approximate surface area is 182 Å². The highest BCUT2D eigenvalue weighted by molar-refractivity contribution is 9.10. The Hall–Kier alpha value is -1.90. The van der Waals surface area contributed by atoms with Crippen LogP contribution in [0.25, 0.3) is 11.5 Å². The largest absolute Gasteiger partial charge is 0.411 e. The van der Waals surface area contributed by atoms with Crippen LogP contribution in [0.2, 0.25) is 0 Å². The van der Waals surface area contributed by atoms with Gasteiger partial charge in [-0.2, -0.15) is 0 Å².